The molecule has 1 fully saturated rings. The topological polar surface area (TPSA) is 67.9 Å². The van der Waals surface area contributed by atoms with Crippen LogP contribution in [0.3, 0.4) is 0 Å². The van der Waals surface area contributed by atoms with E-state index in [1.54, 1.807) is 23.1 Å². The minimum Gasteiger partial charge on any atom is -0.493 e. The van der Waals surface area contributed by atoms with Crippen molar-refractivity contribution in [1.29, 1.82) is 0 Å². The SMILES string of the molecule is COc1ccc(CCNC(=O)C2CCCN(C(=O)c3cccs3)C2)cc1OC(F)F. The number of piperidine rings is 1. The number of hydrogen-bond donors (Lipinski definition) is 1. The highest BCUT2D eigenvalue weighted by atomic mass is 32.1. The summed E-state index contributed by atoms with van der Waals surface area (Å²) in [5.41, 5.74) is 0.741. The van der Waals surface area contributed by atoms with Crippen LogP contribution in [0.4, 0.5) is 8.78 Å². The number of alkyl halides is 2. The van der Waals surface area contributed by atoms with E-state index >= 15 is 0 Å². The molecule has 0 spiro atoms. The largest absolute Gasteiger partial charge is 0.493 e. The summed E-state index contributed by atoms with van der Waals surface area (Å²) in [4.78, 5) is 27.5. The van der Waals surface area contributed by atoms with Crippen LogP contribution in [0.25, 0.3) is 0 Å². The van der Waals surface area contributed by atoms with Crippen molar-refractivity contribution in [2.24, 2.45) is 5.92 Å². The molecule has 6 nitrogen and oxygen atoms in total. The predicted octanol–water partition coefficient (Wildman–Crippen LogP) is 3.57. The Hall–Kier alpha value is -2.68. The fourth-order valence-electron chi connectivity index (χ4n) is 3.47. The molecule has 3 rings (SSSR count). The summed E-state index contributed by atoms with van der Waals surface area (Å²) in [5, 5.41) is 4.75. The van der Waals surface area contributed by atoms with Gasteiger partial charge in [-0.1, -0.05) is 12.1 Å². The van der Waals surface area contributed by atoms with Crippen molar-refractivity contribution in [3.05, 3.63) is 46.2 Å². The summed E-state index contributed by atoms with van der Waals surface area (Å²) < 4.78 is 34.6. The van der Waals surface area contributed by atoms with Crippen molar-refractivity contribution in [2.45, 2.75) is 25.9 Å². The fourth-order valence-corrected chi connectivity index (χ4v) is 4.16. The first kappa shape index (κ1) is 22.0. The molecule has 1 aliphatic rings. The molecule has 1 N–H and O–H groups in total. The van der Waals surface area contributed by atoms with E-state index in [2.05, 4.69) is 10.1 Å². The van der Waals surface area contributed by atoms with Crippen LogP contribution in [-0.2, 0) is 11.2 Å². The van der Waals surface area contributed by atoms with Gasteiger partial charge in [0.1, 0.15) is 0 Å². The van der Waals surface area contributed by atoms with Crippen LogP contribution in [0.15, 0.2) is 35.7 Å². The number of rotatable bonds is 8. The molecule has 1 atom stereocenters. The molecule has 1 aromatic heterocycles. The molecule has 9 heteroatoms. The molecular weight excluding hydrogens is 414 g/mol. The number of carbonyl (C=O) groups excluding carboxylic acids is 2. The van der Waals surface area contributed by atoms with E-state index < -0.39 is 6.61 Å². The van der Waals surface area contributed by atoms with Gasteiger partial charge < -0.3 is 19.7 Å². The minimum absolute atomic E-state index is 0.0349. The van der Waals surface area contributed by atoms with Gasteiger partial charge in [0.25, 0.3) is 5.91 Å². The third-order valence-electron chi connectivity index (χ3n) is 4.97. The van der Waals surface area contributed by atoms with Crippen molar-refractivity contribution in [3.63, 3.8) is 0 Å². The zero-order chi connectivity index (χ0) is 21.5. The van der Waals surface area contributed by atoms with E-state index in [4.69, 9.17) is 4.74 Å². The number of nitrogens with one attached hydrogen (secondary N) is 1. The van der Waals surface area contributed by atoms with Crippen LogP contribution in [-0.4, -0.2) is 50.1 Å². The molecule has 1 aromatic carbocycles. The van der Waals surface area contributed by atoms with Crippen LogP contribution in [0, 0.1) is 5.92 Å². The molecule has 0 radical (unpaired) electrons. The highest BCUT2D eigenvalue weighted by molar-refractivity contribution is 7.12. The van der Waals surface area contributed by atoms with Gasteiger partial charge in [-0.15, -0.1) is 11.3 Å². The summed E-state index contributed by atoms with van der Waals surface area (Å²) in [6.45, 7) is -1.54. The zero-order valence-electron chi connectivity index (χ0n) is 16.6. The van der Waals surface area contributed by atoms with Gasteiger partial charge in [0.15, 0.2) is 11.5 Å². The fraction of sp³-hybridized carbons (Fsp3) is 0.429. The van der Waals surface area contributed by atoms with Crippen molar-refractivity contribution in [3.8, 4) is 11.5 Å². The van der Waals surface area contributed by atoms with Gasteiger partial charge in [0.05, 0.1) is 17.9 Å². The van der Waals surface area contributed by atoms with E-state index in [0.717, 1.165) is 18.4 Å². The second-order valence-electron chi connectivity index (χ2n) is 6.97. The number of nitrogens with zero attached hydrogens (tertiary/aromatic N) is 1. The summed E-state index contributed by atoms with van der Waals surface area (Å²) in [6, 6.07) is 8.41. The Morgan fingerprint density at radius 3 is 2.83 bits per heavy atom. The van der Waals surface area contributed by atoms with Crippen LogP contribution in [0.2, 0.25) is 0 Å². The van der Waals surface area contributed by atoms with Crippen molar-refractivity contribution in [2.75, 3.05) is 26.7 Å². The average Bonchev–Trinajstić information content (AvgIpc) is 3.28. The van der Waals surface area contributed by atoms with Gasteiger partial charge in [0.2, 0.25) is 5.91 Å². The summed E-state index contributed by atoms with van der Waals surface area (Å²) >= 11 is 1.40. The molecule has 1 aliphatic heterocycles. The molecule has 2 heterocycles. The molecule has 2 amide bonds. The second-order valence-corrected chi connectivity index (χ2v) is 7.92. The number of ether oxygens (including phenoxy) is 2. The van der Waals surface area contributed by atoms with Crippen molar-refractivity contribution < 1.29 is 27.8 Å². The third kappa shape index (κ3) is 5.69. The lowest BCUT2D eigenvalue weighted by molar-refractivity contribution is -0.126. The Bertz CT molecular complexity index is 861. The maximum atomic E-state index is 12.6. The van der Waals surface area contributed by atoms with E-state index in [0.29, 0.717) is 30.9 Å². The monoisotopic (exact) mass is 438 g/mol. The molecular formula is C21H24F2N2O4S. The van der Waals surface area contributed by atoms with E-state index in [9.17, 15) is 18.4 Å². The first-order chi connectivity index (χ1) is 14.5. The minimum atomic E-state index is -2.94. The maximum Gasteiger partial charge on any atom is 0.387 e. The number of methoxy groups -OCH3 is 1. The van der Waals surface area contributed by atoms with Crippen LogP contribution in [0.5, 0.6) is 11.5 Å². The lowest BCUT2D eigenvalue weighted by atomic mass is 9.97. The molecule has 0 saturated carbocycles. The van der Waals surface area contributed by atoms with Crippen LogP contribution < -0.4 is 14.8 Å². The number of benzene rings is 1. The highest BCUT2D eigenvalue weighted by Crippen LogP contribution is 2.29. The molecule has 1 unspecified atom stereocenters. The van der Waals surface area contributed by atoms with Gasteiger partial charge in [0, 0.05) is 19.6 Å². The molecule has 1 saturated heterocycles. The zero-order valence-corrected chi connectivity index (χ0v) is 17.4. The second kappa shape index (κ2) is 10.4. The number of halogens is 2. The van der Waals surface area contributed by atoms with Gasteiger partial charge in [-0.3, -0.25) is 9.59 Å². The number of likely N-dealkylation sites (tertiary alicyclic amines) is 1. The highest BCUT2D eigenvalue weighted by Gasteiger charge is 2.29. The predicted molar refractivity (Wildman–Crippen MR) is 109 cm³/mol. The molecule has 0 aliphatic carbocycles. The Morgan fingerprint density at radius 2 is 2.13 bits per heavy atom. The van der Waals surface area contributed by atoms with Gasteiger partial charge in [-0.2, -0.15) is 8.78 Å². The maximum absolute atomic E-state index is 12.6. The summed E-state index contributed by atoms with van der Waals surface area (Å²) in [6.07, 6.45) is 1.97. The van der Waals surface area contributed by atoms with Crippen LogP contribution in [0.1, 0.15) is 28.1 Å². The molecule has 0 bridgehead atoms. The first-order valence-corrected chi connectivity index (χ1v) is 10.6. The Morgan fingerprint density at radius 1 is 1.30 bits per heavy atom. The van der Waals surface area contributed by atoms with Gasteiger partial charge in [-0.05, 0) is 48.4 Å². The summed E-state index contributed by atoms with van der Waals surface area (Å²) in [7, 11) is 1.38. The van der Waals surface area contributed by atoms with E-state index in [1.165, 1.54) is 24.5 Å². The Labute approximate surface area is 177 Å². The standard InChI is InChI=1S/C21H24F2N2O4S/c1-28-16-7-6-14(12-17(16)29-21(22)23)8-9-24-19(26)15-4-2-10-25(13-15)20(27)18-5-3-11-30-18/h3,5-7,11-12,15,21H,2,4,8-10,13H2,1H3,(H,24,26). The lowest BCUT2D eigenvalue weighted by Crippen LogP contribution is -2.45. The smallest absolute Gasteiger partial charge is 0.387 e. The molecule has 30 heavy (non-hydrogen) atoms. The average molecular weight is 438 g/mol. The van der Waals surface area contributed by atoms with Gasteiger partial charge >= 0.3 is 6.61 Å². The Balaban J connectivity index is 1.51. The number of thiophene rings is 1. The summed E-state index contributed by atoms with van der Waals surface area (Å²) in [5.74, 6) is -0.202. The normalized spacial score (nSPS) is 16.4. The first-order valence-electron chi connectivity index (χ1n) is 9.70. The van der Waals surface area contributed by atoms with Crippen molar-refractivity contribution in [1.82, 2.24) is 10.2 Å². The van der Waals surface area contributed by atoms with E-state index in [-0.39, 0.29) is 29.2 Å². The quantitative estimate of drug-likeness (QED) is 0.684. The number of carbonyl (C=O) groups is 2. The third-order valence-corrected chi connectivity index (χ3v) is 5.83. The van der Waals surface area contributed by atoms with Crippen LogP contribution >= 0.6 is 11.3 Å². The number of amides is 2. The molecule has 2 aromatic rings. The Kier molecular flexibility index (Phi) is 7.62. The number of hydrogen-bond acceptors (Lipinski definition) is 5. The lowest BCUT2D eigenvalue weighted by Gasteiger charge is -2.31. The van der Waals surface area contributed by atoms with Gasteiger partial charge in [-0.25, -0.2) is 0 Å². The van der Waals surface area contributed by atoms with Crippen molar-refractivity contribution >= 4 is 23.2 Å². The molecule has 162 valence electrons. The van der Waals surface area contributed by atoms with E-state index in [1.807, 2.05) is 11.4 Å².